The molecule has 0 unspecified atom stereocenters. The van der Waals surface area contributed by atoms with Crippen LogP contribution in [0.4, 0.5) is 24.5 Å². The second-order valence-corrected chi connectivity index (χ2v) is 9.77. The molecule has 0 saturated carbocycles. The topological polar surface area (TPSA) is 66.5 Å². The maximum atomic E-state index is 12.7. The van der Waals surface area contributed by atoms with Crippen LogP contribution < -0.4 is 9.62 Å². The van der Waals surface area contributed by atoms with Gasteiger partial charge in [0.05, 0.1) is 24.1 Å². The third kappa shape index (κ3) is 6.19. The van der Waals surface area contributed by atoms with Gasteiger partial charge in [0.2, 0.25) is 10.0 Å². The molecule has 0 radical (unpaired) electrons. The number of anilines is 2. The predicted molar refractivity (Wildman–Crippen MR) is 123 cm³/mol. The highest BCUT2D eigenvalue weighted by Crippen LogP contribution is 2.31. The van der Waals surface area contributed by atoms with Crippen molar-refractivity contribution in [3.8, 4) is 0 Å². The molecule has 33 heavy (non-hydrogen) atoms. The van der Waals surface area contributed by atoms with Crippen LogP contribution in [0.5, 0.6) is 0 Å². The van der Waals surface area contributed by atoms with Crippen LogP contribution >= 0.6 is 23.2 Å². The van der Waals surface area contributed by atoms with Gasteiger partial charge in [0, 0.05) is 26.9 Å². The minimum Gasteiger partial charge on any atom is -0.322 e. The molecule has 0 heterocycles. The zero-order valence-electron chi connectivity index (χ0n) is 17.0. The van der Waals surface area contributed by atoms with E-state index in [0.717, 1.165) is 34.8 Å². The molecule has 3 rings (SSSR count). The summed E-state index contributed by atoms with van der Waals surface area (Å²) < 4.78 is 63.9. The highest BCUT2D eigenvalue weighted by atomic mass is 35.5. The van der Waals surface area contributed by atoms with Crippen LogP contribution in [0.15, 0.2) is 66.7 Å². The number of nitrogens with one attached hydrogen (secondary N) is 1. The first-order chi connectivity index (χ1) is 15.4. The van der Waals surface area contributed by atoms with Gasteiger partial charge in [0.25, 0.3) is 5.91 Å². The summed E-state index contributed by atoms with van der Waals surface area (Å²) in [6, 6.07) is 14.5. The zero-order chi connectivity index (χ0) is 24.4. The molecule has 1 amide bonds. The lowest BCUT2D eigenvalue weighted by Crippen LogP contribution is -2.29. The Morgan fingerprint density at radius 2 is 1.48 bits per heavy atom. The average Bonchev–Trinajstić information content (AvgIpc) is 2.72. The van der Waals surface area contributed by atoms with Crippen molar-refractivity contribution in [2.75, 3.05) is 15.9 Å². The summed E-state index contributed by atoms with van der Waals surface area (Å²) >= 11 is 12.3. The Labute approximate surface area is 198 Å². The molecule has 0 spiro atoms. The van der Waals surface area contributed by atoms with Crippen molar-refractivity contribution in [2.24, 2.45) is 0 Å². The summed E-state index contributed by atoms with van der Waals surface area (Å²) in [6.07, 6.45) is -3.44. The van der Waals surface area contributed by atoms with E-state index in [1.165, 1.54) is 24.3 Å². The van der Waals surface area contributed by atoms with E-state index in [1.54, 1.807) is 18.2 Å². The minimum atomic E-state index is -4.47. The Morgan fingerprint density at radius 1 is 0.939 bits per heavy atom. The molecule has 11 heteroatoms. The second-order valence-electron chi connectivity index (χ2n) is 7.05. The zero-order valence-corrected chi connectivity index (χ0v) is 19.4. The number of hydrogen-bond donors (Lipinski definition) is 1. The molecule has 0 aromatic heterocycles. The number of nitrogens with zero attached hydrogens (tertiary/aromatic N) is 1. The van der Waals surface area contributed by atoms with Gasteiger partial charge >= 0.3 is 6.18 Å². The number of rotatable bonds is 6. The molecular weight excluding hydrogens is 500 g/mol. The molecule has 0 bridgehead atoms. The standard InChI is InChI=1S/C22H17Cl2F3N2O3S/c1-33(31,32)29(13-18-19(23)3-2-4-20(18)24)17-11-5-14(6-12-17)21(30)28-16-9-7-15(8-10-16)22(25,26)27/h2-12H,13H2,1H3,(H,28,30). The minimum absolute atomic E-state index is 0.117. The number of carbonyl (C=O) groups is 1. The SMILES string of the molecule is CS(=O)(=O)N(Cc1c(Cl)cccc1Cl)c1ccc(C(=O)Nc2ccc(C(F)(F)F)cc2)cc1. The van der Waals surface area contributed by atoms with Crippen LogP contribution in [0.2, 0.25) is 10.0 Å². The Morgan fingerprint density at radius 3 is 1.97 bits per heavy atom. The van der Waals surface area contributed by atoms with Gasteiger partial charge in [0.15, 0.2) is 0 Å². The number of halogens is 5. The summed E-state index contributed by atoms with van der Waals surface area (Å²) in [5.74, 6) is -0.568. The molecule has 3 aromatic carbocycles. The maximum Gasteiger partial charge on any atom is 0.416 e. The van der Waals surface area contributed by atoms with Crippen molar-refractivity contribution >= 4 is 50.5 Å². The van der Waals surface area contributed by atoms with E-state index < -0.39 is 27.7 Å². The van der Waals surface area contributed by atoms with Crippen molar-refractivity contribution in [1.29, 1.82) is 0 Å². The van der Waals surface area contributed by atoms with Gasteiger partial charge in [0.1, 0.15) is 0 Å². The normalized spacial score (nSPS) is 11.8. The van der Waals surface area contributed by atoms with Crippen molar-refractivity contribution < 1.29 is 26.4 Å². The van der Waals surface area contributed by atoms with E-state index in [4.69, 9.17) is 23.2 Å². The van der Waals surface area contributed by atoms with Crippen LogP contribution in [-0.2, 0) is 22.7 Å². The largest absolute Gasteiger partial charge is 0.416 e. The Bertz CT molecular complexity index is 1240. The van der Waals surface area contributed by atoms with Gasteiger partial charge in [-0.3, -0.25) is 9.10 Å². The smallest absolute Gasteiger partial charge is 0.322 e. The van der Waals surface area contributed by atoms with Crippen LogP contribution in [0.25, 0.3) is 0 Å². The van der Waals surface area contributed by atoms with Gasteiger partial charge in [-0.25, -0.2) is 8.42 Å². The van der Waals surface area contributed by atoms with E-state index in [-0.39, 0.29) is 23.5 Å². The van der Waals surface area contributed by atoms with E-state index in [1.807, 2.05) is 0 Å². The molecule has 0 atom stereocenters. The van der Waals surface area contributed by atoms with Gasteiger partial charge in [-0.05, 0) is 60.7 Å². The molecule has 174 valence electrons. The molecule has 3 aromatic rings. The average molecular weight is 517 g/mol. The van der Waals surface area contributed by atoms with Crippen LogP contribution in [0.3, 0.4) is 0 Å². The number of benzene rings is 3. The maximum absolute atomic E-state index is 12.7. The van der Waals surface area contributed by atoms with Crippen LogP contribution in [0, 0.1) is 0 Å². The summed E-state index contributed by atoms with van der Waals surface area (Å²) in [6.45, 7) is -0.117. The third-order valence-corrected chi connectivity index (χ3v) is 6.50. The summed E-state index contributed by atoms with van der Waals surface area (Å²) in [5, 5.41) is 3.12. The van der Waals surface area contributed by atoms with Crippen molar-refractivity contribution in [2.45, 2.75) is 12.7 Å². The molecule has 0 aliphatic heterocycles. The van der Waals surface area contributed by atoms with E-state index in [0.29, 0.717) is 15.6 Å². The fraction of sp³-hybridized carbons (Fsp3) is 0.136. The molecule has 1 N–H and O–H groups in total. The quantitative estimate of drug-likeness (QED) is 0.422. The summed E-state index contributed by atoms with van der Waals surface area (Å²) in [5.41, 5.74) is 0.241. The number of amides is 1. The lowest BCUT2D eigenvalue weighted by atomic mass is 10.1. The highest BCUT2D eigenvalue weighted by Gasteiger charge is 2.30. The molecule has 0 saturated heterocycles. The highest BCUT2D eigenvalue weighted by molar-refractivity contribution is 7.92. The number of carbonyl (C=O) groups excluding carboxylic acids is 1. The van der Waals surface area contributed by atoms with E-state index in [2.05, 4.69) is 5.32 Å². The van der Waals surface area contributed by atoms with E-state index in [9.17, 15) is 26.4 Å². The van der Waals surface area contributed by atoms with Crippen LogP contribution in [0.1, 0.15) is 21.5 Å². The lowest BCUT2D eigenvalue weighted by molar-refractivity contribution is -0.137. The first-order valence-electron chi connectivity index (χ1n) is 9.35. The number of sulfonamides is 1. The summed E-state index contributed by atoms with van der Waals surface area (Å²) in [4.78, 5) is 12.5. The van der Waals surface area contributed by atoms with Gasteiger partial charge in [-0.15, -0.1) is 0 Å². The number of hydrogen-bond acceptors (Lipinski definition) is 3. The second kappa shape index (κ2) is 9.62. The lowest BCUT2D eigenvalue weighted by Gasteiger charge is -2.23. The van der Waals surface area contributed by atoms with E-state index >= 15 is 0 Å². The van der Waals surface area contributed by atoms with Gasteiger partial charge in [-0.2, -0.15) is 13.2 Å². The molecule has 0 aliphatic rings. The Balaban J connectivity index is 1.80. The number of alkyl halides is 3. The van der Waals surface area contributed by atoms with Crippen molar-refractivity contribution in [3.05, 3.63) is 93.5 Å². The van der Waals surface area contributed by atoms with Crippen molar-refractivity contribution in [3.63, 3.8) is 0 Å². The molecule has 5 nitrogen and oxygen atoms in total. The third-order valence-electron chi connectivity index (χ3n) is 4.65. The van der Waals surface area contributed by atoms with Crippen LogP contribution in [-0.4, -0.2) is 20.6 Å². The van der Waals surface area contributed by atoms with Gasteiger partial charge in [-0.1, -0.05) is 29.3 Å². The molecule has 0 fully saturated rings. The predicted octanol–water partition coefficient (Wildman–Crippen LogP) is 6.23. The fourth-order valence-electron chi connectivity index (χ4n) is 2.95. The van der Waals surface area contributed by atoms with Gasteiger partial charge < -0.3 is 5.32 Å². The van der Waals surface area contributed by atoms with Crippen molar-refractivity contribution in [1.82, 2.24) is 0 Å². The Hall–Kier alpha value is -2.75. The Kier molecular flexibility index (Phi) is 7.26. The fourth-order valence-corrected chi connectivity index (χ4v) is 4.34. The molecular formula is C22H17Cl2F3N2O3S. The monoisotopic (exact) mass is 516 g/mol. The first-order valence-corrected chi connectivity index (χ1v) is 12.0. The summed E-state index contributed by atoms with van der Waals surface area (Å²) in [7, 11) is -3.72. The first kappa shape index (κ1) is 24.9. The molecule has 0 aliphatic carbocycles.